The van der Waals surface area contributed by atoms with Gasteiger partial charge in [-0.05, 0) is 35.4 Å². The molecule has 2 aromatic carbocycles. The Bertz CT molecular complexity index is 737. The van der Waals surface area contributed by atoms with Crippen molar-refractivity contribution < 1.29 is 29.2 Å². The lowest BCUT2D eigenvalue weighted by Crippen LogP contribution is -2.14. The highest BCUT2D eigenvalue weighted by atomic mass is 16.5. The van der Waals surface area contributed by atoms with E-state index in [0.717, 1.165) is 11.1 Å². The quantitative estimate of drug-likeness (QED) is 0.874. The van der Waals surface area contributed by atoms with E-state index in [4.69, 9.17) is 18.9 Å². The summed E-state index contributed by atoms with van der Waals surface area (Å²) in [6, 6.07) is 10.6. The Hall–Kier alpha value is -2.44. The van der Waals surface area contributed by atoms with E-state index in [2.05, 4.69) is 0 Å². The van der Waals surface area contributed by atoms with Gasteiger partial charge >= 0.3 is 0 Å². The third-order valence-electron chi connectivity index (χ3n) is 5.33. The summed E-state index contributed by atoms with van der Waals surface area (Å²) in [4.78, 5) is 0. The standard InChI is InChI=1S/C20H22O6/c1-23-17-7-11(3-5-15(17)21)19-13-9-26-20(14(13)10-25-19)12-4-6-16(22)18(8-12)24-2/h3-8,13-14,19-22H,9-10H2,1-2H3/t13-,14+,19-,20-/m0/s1. The van der Waals surface area contributed by atoms with Crippen LogP contribution >= 0.6 is 0 Å². The van der Waals surface area contributed by atoms with Crippen molar-refractivity contribution in [3.8, 4) is 23.0 Å². The number of fused-ring (bicyclic) bond motifs is 1. The predicted molar refractivity (Wildman–Crippen MR) is 93.7 cm³/mol. The molecule has 0 saturated carbocycles. The first-order valence-corrected chi connectivity index (χ1v) is 8.59. The molecule has 2 fully saturated rings. The van der Waals surface area contributed by atoms with Crippen molar-refractivity contribution in [2.24, 2.45) is 11.8 Å². The fraction of sp³-hybridized carbons (Fsp3) is 0.400. The lowest BCUT2D eigenvalue weighted by molar-refractivity contribution is 0.0191. The van der Waals surface area contributed by atoms with E-state index in [-0.39, 0.29) is 35.5 Å². The Morgan fingerprint density at radius 3 is 1.58 bits per heavy atom. The highest BCUT2D eigenvalue weighted by Crippen LogP contribution is 2.51. The van der Waals surface area contributed by atoms with E-state index >= 15 is 0 Å². The summed E-state index contributed by atoms with van der Waals surface area (Å²) < 4.78 is 22.6. The number of phenols is 2. The van der Waals surface area contributed by atoms with Crippen LogP contribution in [-0.4, -0.2) is 37.6 Å². The molecule has 2 aliphatic rings. The van der Waals surface area contributed by atoms with Crippen LogP contribution in [0.1, 0.15) is 23.3 Å². The van der Waals surface area contributed by atoms with Crippen LogP contribution in [0.25, 0.3) is 0 Å². The maximum absolute atomic E-state index is 9.80. The van der Waals surface area contributed by atoms with Gasteiger partial charge < -0.3 is 29.2 Å². The Labute approximate surface area is 151 Å². The molecule has 4 rings (SSSR count). The second-order valence-corrected chi connectivity index (χ2v) is 6.70. The summed E-state index contributed by atoms with van der Waals surface area (Å²) in [5.74, 6) is 1.54. The van der Waals surface area contributed by atoms with Crippen molar-refractivity contribution in [2.75, 3.05) is 27.4 Å². The van der Waals surface area contributed by atoms with E-state index in [1.54, 1.807) is 12.1 Å². The van der Waals surface area contributed by atoms with Crippen molar-refractivity contribution in [1.29, 1.82) is 0 Å². The molecule has 0 spiro atoms. The molecular formula is C20H22O6. The Kier molecular flexibility index (Phi) is 4.38. The molecule has 2 heterocycles. The highest BCUT2D eigenvalue weighted by Gasteiger charge is 2.48. The number of ether oxygens (including phenoxy) is 4. The predicted octanol–water partition coefficient (Wildman–Crippen LogP) is 3.19. The molecule has 6 nitrogen and oxygen atoms in total. The summed E-state index contributed by atoms with van der Waals surface area (Å²) in [5.41, 5.74) is 1.94. The number of hydrogen-bond donors (Lipinski definition) is 2. The molecule has 4 atom stereocenters. The van der Waals surface area contributed by atoms with Gasteiger partial charge in [-0.3, -0.25) is 0 Å². The summed E-state index contributed by atoms with van der Waals surface area (Å²) in [6.45, 7) is 1.18. The van der Waals surface area contributed by atoms with Gasteiger partial charge in [-0.1, -0.05) is 12.1 Å². The van der Waals surface area contributed by atoms with Gasteiger partial charge in [0, 0.05) is 11.8 Å². The fourth-order valence-electron chi connectivity index (χ4n) is 3.98. The van der Waals surface area contributed by atoms with Gasteiger partial charge in [-0.2, -0.15) is 0 Å². The number of aromatic hydroxyl groups is 2. The van der Waals surface area contributed by atoms with E-state index in [0.29, 0.717) is 24.7 Å². The van der Waals surface area contributed by atoms with Crippen molar-refractivity contribution >= 4 is 0 Å². The number of benzene rings is 2. The van der Waals surface area contributed by atoms with Crippen LogP contribution in [0.5, 0.6) is 23.0 Å². The average molecular weight is 358 g/mol. The second kappa shape index (κ2) is 6.70. The van der Waals surface area contributed by atoms with Crippen molar-refractivity contribution in [2.45, 2.75) is 12.2 Å². The molecule has 6 heteroatoms. The van der Waals surface area contributed by atoms with E-state index < -0.39 is 0 Å². The minimum atomic E-state index is -0.0986. The third kappa shape index (κ3) is 2.75. The molecule has 2 aliphatic heterocycles. The van der Waals surface area contributed by atoms with Crippen LogP contribution in [0.2, 0.25) is 0 Å². The molecule has 2 aromatic rings. The number of hydrogen-bond acceptors (Lipinski definition) is 6. The summed E-state index contributed by atoms with van der Waals surface area (Å²) in [5, 5.41) is 19.6. The average Bonchev–Trinajstić information content (AvgIpc) is 3.25. The van der Waals surface area contributed by atoms with E-state index in [1.807, 2.05) is 24.3 Å². The van der Waals surface area contributed by atoms with Crippen LogP contribution in [0.15, 0.2) is 36.4 Å². The molecule has 2 N–H and O–H groups in total. The van der Waals surface area contributed by atoms with Crippen LogP contribution in [0.4, 0.5) is 0 Å². The maximum atomic E-state index is 9.80. The molecule has 0 amide bonds. The minimum Gasteiger partial charge on any atom is -0.504 e. The molecule has 0 unspecified atom stereocenters. The van der Waals surface area contributed by atoms with Crippen LogP contribution in [0, 0.1) is 11.8 Å². The summed E-state index contributed by atoms with van der Waals surface area (Å²) in [6.07, 6.45) is -0.197. The smallest absolute Gasteiger partial charge is 0.160 e. The summed E-state index contributed by atoms with van der Waals surface area (Å²) >= 11 is 0. The lowest BCUT2D eigenvalue weighted by Gasteiger charge is -2.18. The van der Waals surface area contributed by atoms with E-state index in [1.165, 1.54) is 14.2 Å². The minimum absolute atomic E-state index is 0.0986. The van der Waals surface area contributed by atoms with Gasteiger partial charge in [0.05, 0.1) is 39.6 Å². The second-order valence-electron chi connectivity index (χ2n) is 6.70. The lowest BCUT2D eigenvalue weighted by atomic mass is 9.85. The van der Waals surface area contributed by atoms with Crippen LogP contribution < -0.4 is 9.47 Å². The van der Waals surface area contributed by atoms with Crippen molar-refractivity contribution in [1.82, 2.24) is 0 Å². The first-order chi connectivity index (χ1) is 12.6. The fourth-order valence-corrected chi connectivity index (χ4v) is 3.98. The first kappa shape index (κ1) is 17.0. The van der Waals surface area contributed by atoms with Crippen LogP contribution in [0.3, 0.4) is 0 Å². The molecular weight excluding hydrogens is 336 g/mol. The van der Waals surface area contributed by atoms with Gasteiger partial charge in [0.2, 0.25) is 0 Å². The van der Waals surface area contributed by atoms with Crippen LogP contribution in [-0.2, 0) is 9.47 Å². The monoisotopic (exact) mass is 358 g/mol. The zero-order chi connectivity index (χ0) is 18.3. The maximum Gasteiger partial charge on any atom is 0.160 e. The molecule has 0 aliphatic carbocycles. The van der Waals surface area contributed by atoms with Gasteiger partial charge in [0.25, 0.3) is 0 Å². The zero-order valence-electron chi connectivity index (χ0n) is 14.7. The molecule has 0 bridgehead atoms. The van der Waals surface area contributed by atoms with Gasteiger partial charge in [-0.15, -0.1) is 0 Å². The molecule has 26 heavy (non-hydrogen) atoms. The number of rotatable bonds is 4. The van der Waals surface area contributed by atoms with Gasteiger partial charge in [-0.25, -0.2) is 0 Å². The highest BCUT2D eigenvalue weighted by molar-refractivity contribution is 5.44. The largest absolute Gasteiger partial charge is 0.504 e. The SMILES string of the molecule is COc1cc([C@@H]2OC[C@H]3[C@H]2CO[C@H]3c2ccc(O)c(OC)c2)ccc1O. The van der Waals surface area contributed by atoms with Gasteiger partial charge in [0.15, 0.2) is 23.0 Å². The van der Waals surface area contributed by atoms with E-state index in [9.17, 15) is 10.2 Å². The Morgan fingerprint density at radius 1 is 0.769 bits per heavy atom. The number of phenolic OH excluding ortho intramolecular Hbond substituents is 2. The van der Waals surface area contributed by atoms with Crippen molar-refractivity contribution in [3.63, 3.8) is 0 Å². The zero-order valence-corrected chi connectivity index (χ0v) is 14.7. The number of methoxy groups -OCH3 is 2. The van der Waals surface area contributed by atoms with Gasteiger partial charge in [0.1, 0.15) is 0 Å². The van der Waals surface area contributed by atoms with Crippen molar-refractivity contribution in [3.05, 3.63) is 47.5 Å². The molecule has 2 saturated heterocycles. The normalized spacial score (nSPS) is 27.3. The Morgan fingerprint density at radius 2 is 1.19 bits per heavy atom. The topological polar surface area (TPSA) is 77.4 Å². The third-order valence-corrected chi connectivity index (χ3v) is 5.33. The first-order valence-electron chi connectivity index (χ1n) is 8.59. The molecule has 0 radical (unpaired) electrons. The summed E-state index contributed by atoms with van der Waals surface area (Å²) in [7, 11) is 3.06. The molecule has 0 aromatic heterocycles. The molecule has 138 valence electrons. The Balaban J connectivity index is 1.58.